The number of anilines is 1. The van der Waals surface area contributed by atoms with Gasteiger partial charge in [0.15, 0.2) is 0 Å². The number of nitrogens with zero attached hydrogens (tertiary/aromatic N) is 3. The van der Waals surface area contributed by atoms with Crippen LogP contribution in [0, 0.1) is 0 Å². The van der Waals surface area contributed by atoms with E-state index in [0.717, 1.165) is 11.5 Å². The molecule has 0 radical (unpaired) electrons. The Morgan fingerprint density at radius 2 is 2.06 bits per heavy atom. The second-order valence-corrected chi connectivity index (χ2v) is 5.44. The van der Waals surface area contributed by atoms with E-state index in [4.69, 9.17) is 5.11 Å². The molecule has 1 aromatic rings. The molecule has 0 aliphatic heterocycles. The van der Waals surface area contributed by atoms with Crippen molar-refractivity contribution in [3.63, 3.8) is 0 Å². The molecule has 0 fully saturated rings. The van der Waals surface area contributed by atoms with Crippen molar-refractivity contribution in [2.24, 2.45) is 0 Å². The summed E-state index contributed by atoms with van der Waals surface area (Å²) in [5.74, 6) is 0.634. The first kappa shape index (κ1) is 14.2. The average Bonchev–Trinajstić information content (AvgIpc) is 2.64. The second-order valence-electron chi connectivity index (χ2n) is 4.71. The van der Waals surface area contributed by atoms with Gasteiger partial charge in [0.05, 0.1) is 13.2 Å². The van der Waals surface area contributed by atoms with Gasteiger partial charge in [0.25, 0.3) is 6.43 Å². The molecule has 1 aromatic heterocycles. The van der Waals surface area contributed by atoms with E-state index < -0.39 is 13.0 Å². The minimum absolute atomic E-state index is 0.142. The molecule has 0 bridgehead atoms. The number of rotatable bonds is 5. The maximum Gasteiger partial charge on any atom is 0.255 e. The van der Waals surface area contributed by atoms with Crippen molar-refractivity contribution in [3.05, 3.63) is 5.82 Å². The third-order valence-corrected chi connectivity index (χ3v) is 2.86. The number of aliphatic hydroxyl groups is 1. The molecule has 0 saturated carbocycles. The molecule has 0 unspecified atom stereocenters. The van der Waals surface area contributed by atoms with Gasteiger partial charge in [-0.15, -0.1) is 0 Å². The van der Waals surface area contributed by atoms with Gasteiger partial charge >= 0.3 is 0 Å². The number of aliphatic hydroxyl groups excluding tert-OH is 1. The van der Waals surface area contributed by atoms with E-state index in [9.17, 15) is 8.78 Å². The molecule has 0 atom stereocenters. The normalized spacial score (nSPS) is 12.2. The molecule has 17 heavy (non-hydrogen) atoms. The van der Waals surface area contributed by atoms with Crippen LogP contribution >= 0.6 is 11.5 Å². The summed E-state index contributed by atoms with van der Waals surface area (Å²) >= 11 is 1.09. The second kappa shape index (κ2) is 5.68. The van der Waals surface area contributed by atoms with Crippen LogP contribution in [-0.4, -0.2) is 40.6 Å². The number of aromatic nitrogens is 2. The van der Waals surface area contributed by atoms with Gasteiger partial charge in [-0.3, -0.25) is 0 Å². The van der Waals surface area contributed by atoms with Gasteiger partial charge in [0.1, 0.15) is 5.82 Å². The summed E-state index contributed by atoms with van der Waals surface area (Å²) in [4.78, 5) is 5.60. The quantitative estimate of drug-likeness (QED) is 0.883. The van der Waals surface area contributed by atoms with Gasteiger partial charge in [-0.25, -0.2) is 13.8 Å². The molecule has 0 aromatic carbocycles. The van der Waals surface area contributed by atoms with Crippen molar-refractivity contribution >= 4 is 16.7 Å². The van der Waals surface area contributed by atoms with E-state index in [1.54, 1.807) is 0 Å². The Bertz CT molecular complexity index is 352. The Labute approximate surface area is 103 Å². The van der Waals surface area contributed by atoms with Crippen LogP contribution in [0.3, 0.4) is 0 Å². The lowest BCUT2D eigenvalue weighted by Crippen LogP contribution is -2.31. The van der Waals surface area contributed by atoms with Crippen molar-refractivity contribution in [1.29, 1.82) is 0 Å². The molecule has 1 N–H and O–H groups in total. The van der Waals surface area contributed by atoms with E-state index in [2.05, 4.69) is 9.36 Å². The molecule has 4 nitrogen and oxygen atoms in total. The highest BCUT2D eigenvalue weighted by Crippen LogP contribution is 2.25. The maximum absolute atomic E-state index is 12.4. The smallest absolute Gasteiger partial charge is 0.255 e. The Hall–Kier alpha value is -0.820. The average molecular weight is 265 g/mol. The Morgan fingerprint density at radius 3 is 2.47 bits per heavy atom. The molecule has 0 saturated heterocycles. The van der Waals surface area contributed by atoms with Gasteiger partial charge in [-0.05, 0) is 0 Å². The molecule has 0 aliphatic carbocycles. The molecule has 1 rings (SSSR count). The lowest BCUT2D eigenvalue weighted by atomic mass is 9.96. The summed E-state index contributed by atoms with van der Waals surface area (Å²) in [6.07, 6.45) is -2.46. The van der Waals surface area contributed by atoms with Crippen LogP contribution in [0.1, 0.15) is 26.6 Å². The van der Waals surface area contributed by atoms with Gasteiger partial charge in [-0.2, -0.15) is 4.37 Å². The summed E-state index contributed by atoms with van der Waals surface area (Å²) in [6, 6.07) is 0. The Balaban J connectivity index is 2.84. The fourth-order valence-corrected chi connectivity index (χ4v) is 2.09. The van der Waals surface area contributed by atoms with Crippen LogP contribution in [0.5, 0.6) is 0 Å². The molecular weight excluding hydrogens is 248 g/mol. The molecule has 98 valence electrons. The maximum atomic E-state index is 12.4. The zero-order chi connectivity index (χ0) is 13.1. The zero-order valence-corrected chi connectivity index (χ0v) is 11.0. The van der Waals surface area contributed by atoms with Gasteiger partial charge in [-0.1, -0.05) is 20.8 Å². The third-order valence-electron chi connectivity index (χ3n) is 2.08. The monoisotopic (exact) mass is 265 g/mol. The Morgan fingerprint density at radius 1 is 1.41 bits per heavy atom. The number of hydrogen-bond acceptors (Lipinski definition) is 5. The predicted octanol–water partition coefficient (Wildman–Crippen LogP) is 1.90. The van der Waals surface area contributed by atoms with Crippen molar-refractivity contribution in [1.82, 2.24) is 9.36 Å². The first-order chi connectivity index (χ1) is 7.84. The van der Waals surface area contributed by atoms with E-state index >= 15 is 0 Å². The van der Waals surface area contributed by atoms with Crippen LogP contribution in [0.2, 0.25) is 0 Å². The zero-order valence-electron chi connectivity index (χ0n) is 10.2. The fourth-order valence-electron chi connectivity index (χ4n) is 1.20. The van der Waals surface area contributed by atoms with Crippen molar-refractivity contribution < 1.29 is 13.9 Å². The summed E-state index contributed by atoms with van der Waals surface area (Å²) in [7, 11) is 0. The van der Waals surface area contributed by atoms with E-state index in [0.29, 0.717) is 11.0 Å². The van der Waals surface area contributed by atoms with Crippen molar-refractivity contribution in [3.8, 4) is 0 Å². The van der Waals surface area contributed by atoms with Crippen LogP contribution in [0.15, 0.2) is 0 Å². The molecule has 0 aliphatic rings. The number of hydrogen-bond donors (Lipinski definition) is 1. The molecule has 0 spiro atoms. The molecule has 1 heterocycles. The van der Waals surface area contributed by atoms with Crippen LogP contribution in [0.25, 0.3) is 0 Å². The summed E-state index contributed by atoms with van der Waals surface area (Å²) in [5, 5.41) is 9.28. The fraction of sp³-hybridized carbons (Fsp3) is 0.800. The van der Waals surface area contributed by atoms with Crippen LogP contribution < -0.4 is 4.90 Å². The standard InChI is InChI=1S/C10H17F2N3OS/c1-10(2,3)8-13-9(17-14-8)15(4-5-16)6-7(11)12/h7,16H,4-6H2,1-3H3. The highest BCUT2D eigenvalue weighted by atomic mass is 32.1. The lowest BCUT2D eigenvalue weighted by Gasteiger charge is -2.19. The van der Waals surface area contributed by atoms with Gasteiger partial charge in [0.2, 0.25) is 5.13 Å². The van der Waals surface area contributed by atoms with E-state index in [1.807, 2.05) is 20.8 Å². The lowest BCUT2D eigenvalue weighted by molar-refractivity contribution is 0.152. The van der Waals surface area contributed by atoms with E-state index in [-0.39, 0.29) is 18.6 Å². The minimum Gasteiger partial charge on any atom is -0.395 e. The highest BCUT2D eigenvalue weighted by Gasteiger charge is 2.22. The van der Waals surface area contributed by atoms with Gasteiger partial charge < -0.3 is 10.0 Å². The van der Waals surface area contributed by atoms with Crippen molar-refractivity contribution in [2.45, 2.75) is 32.6 Å². The minimum atomic E-state index is -2.46. The molecule has 7 heteroatoms. The summed E-state index contributed by atoms with van der Waals surface area (Å²) < 4.78 is 28.9. The molecular formula is C10H17F2N3OS. The first-order valence-electron chi connectivity index (χ1n) is 5.32. The summed E-state index contributed by atoms with van der Waals surface area (Å²) in [5.41, 5.74) is -0.204. The van der Waals surface area contributed by atoms with Gasteiger partial charge in [0, 0.05) is 23.5 Å². The molecule has 0 amide bonds. The third kappa shape index (κ3) is 4.16. The topological polar surface area (TPSA) is 49.2 Å². The highest BCUT2D eigenvalue weighted by molar-refractivity contribution is 7.09. The van der Waals surface area contributed by atoms with Crippen LogP contribution in [0.4, 0.5) is 13.9 Å². The number of halogens is 2. The van der Waals surface area contributed by atoms with E-state index in [1.165, 1.54) is 4.90 Å². The largest absolute Gasteiger partial charge is 0.395 e. The first-order valence-corrected chi connectivity index (χ1v) is 6.10. The predicted molar refractivity (Wildman–Crippen MR) is 63.9 cm³/mol. The summed E-state index contributed by atoms with van der Waals surface area (Å²) in [6.45, 7) is 5.41. The van der Waals surface area contributed by atoms with Crippen molar-refractivity contribution in [2.75, 3.05) is 24.6 Å². The Kier molecular flexibility index (Phi) is 4.76. The number of alkyl halides is 2. The SMILES string of the molecule is CC(C)(C)c1nsc(N(CCO)CC(F)F)n1. The van der Waals surface area contributed by atoms with Crippen LogP contribution in [-0.2, 0) is 5.41 Å².